The molecular formula is C19H29IN4O2S. The first kappa shape index (κ1) is 23.5. The van der Waals surface area contributed by atoms with Gasteiger partial charge in [0.1, 0.15) is 0 Å². The van der Waals surface area contributed by atoms with Crippen LogP contribution in [0.3, 0.4) is 0 Å². The van der Waals surface area contributed by atoms with Crippen LogP contribution in [0, 0.1) is 0 Å². The molecule has 27 heavy (non-hydrogen) atoms. The van der Waals surface area contributed by atoms with Crippen LogP contribution in [0.4, 0.5) is 5.69 Å². The lowest BCUT2D eigenvalue weighted by molar-refractivity contribution is 0.311. The Kier molecular flexibility index (Phi) is 11.1. The minimum absolute atomic E-state index is 0. The first-order valence-electron chi connectivity index (χ1n) is 8.99. The molecule has 1 aromatic carbocycles. The van der Waals surface area contributed by atoms with Crippen molar-refractivity contribution in [3.8, 4) is 11.5 Å². The Morgan fingerprint density at radius 1 is 1.22 bits per heavy atom. The fourth-order valence-corrected chi connectivity index (χ4v) is 3.21. The number of halogens is 1. The molecule has 0 fully saturated rings. The maximum atomic E-state index is 5.63. The average molecular weight is 504 g/mol. The minimum Gasteiger partial charge on any atom is -0.493 e. The van der Waals surface area contributed by atoms with E-state index in [0.717, 1.165) is 41.8 Å². The molecule has 1 heterocycles. The largest absolute Gasteiger partial charge is 0.493 e. The van der Waals surface area contributed by atoms with Gasteiger partial charge < -0.3 is 20.1 Å². The number of aliphatic imine (C=N–C) groups is 1. The summed E-state index contributed by atoms with van der Waals surface area (Å²) in [5, 5.41) is 7.71. The summed E-state index contributed by atoms with van der Waals surface area (Å²) in [6, 6.07) is 5.75. The van der Waals surface area contributed by atoms with Crippen molar-refractivity contribution in [2.24, 2.45) is 4.99 Å². The van der Waals surface area contributed by atoms with Gasteiger partial charge in [0.25, 0.3) is 0 Å². The molecule has 2 N–H and O–H groups in total. The fourth-order valence-electron chi connectivity index (χ4n) is 2.36. The van der Waals surface area contributed by atoms with Crippen molar-refractivity contribution in [1.29, 1.82) is 0 Å². The summed E-state index contributed by atoms with van der Waals surface area (Å²) in [7, 11) is 1.64. The number of anilines is 1. The van der Waals surface area contributed by atoms with E-state index in [0.29, 0.717) is 18.9 Å². The molecule has 0 unspecified atom stereocenters. The zero-order valence-corrected chi connectivity index (χ0v) is 19.5. The SMILES string of the molecule is CCNC(=NCCc1ncc(CC)s1)Nc1ccc(OC)c(OCC)c1.I. The second-order valence-electron chi connectivity index (χ2n) is 5.51. The van der Waals surface area contributed by atoms with Crippen LogP contribution in [-0.4, -0.2) is 37.7 Å². The van der Waals surface area contributed by atoms with Crippen LogP contribution in [0.1, 0.15) is 30.7 Å². The van der Waals surface area contributed by atoms with E-state index in [1.165, 1.54) is 4.88 Å². The third-order valence-corrected chi connectivity index (χ3v) is 4.82. The number of aryl methyl sites for hydroxylation is 1. The number of nitrogens with zero attached hydrogens (tertiary/aromatic N) is 2. The van der Waals surface area contributed by atoms with E-state index in [2.05, 4.69) is 27.5 Å². The van der Waals surface area contributed by atoms with E-state index >= 15 is 0 Å². The number of methoxy groups -OCH3 is 1. The van der Waals surface area contributed by atoms with Gasteiger partial charge in [-0.05, 0) is 32.4 Å². The number of hydrogen-bond donors (Lipinski definition) is 2. The Morgan fingerprint density at radius 3 is 2.67 bits per heavy atom. The normalized spacial score (nSPS) is 10.9. The lowest BCUT2D eigenvalue weighted by Gasteiger charge is -2.14. The molecule has 0 aliphatic rings. The van der Waals surface area contributed by atoms with E-state index in [1.54, 1.807) is 18.4 Å². The highest BCUT2D eigenvalue weighted by molar-refractivity contribution is 14.0. The van der Waals surface area contributed by atoms with Crippen LogP contribution < -0.4 is 20.1 Å². The van der Waals surface area contributed by atoms with Crippen molar-refractivity contribution >= 4 is 47.0 Å². The quantitative estimate of drug-likeness (QED) is 0.302. The Hall–Kier alpha value is -1.55. The summed E-state index contributed by atoms with van der Waals surface area (Å²) in [6.07, 6.45) is 3.83. The smallest absolute Gasteiger partial charge is 0.195 e. The van der Waals surface area contributed by atoms with Crippen LogP contribution >= 0.6 is 35.3 Å². The van der Waals surface area contributed by atoms with Crippen molar-refractivity contribution in [1.82, 2.24) is 10.3 Å². The van der Waals surface area contributed by atoms with Crippen LogP contribution in [0.5, 0.6) is 11.5 Å². The number of benzene rings is 1. The van der Waals surface area contributed by atoms with Crippen molar-refractivity contribution in [3.05, 3.63) is 34.3 Å². The molecule has 0 saturated carbocycles. The molecule has 1 aromatic heterocycles. The van der Waals surface area contributed by atoms with Gasteiger partial charge in [0, 0.05) is 42.3 Å². The van der Waals surface area contributed by atoms with Crippen LogP contribution in [0.25, 0.3) is 0 Å². The summed E-state index contributed by atoms with van der Waals surface area (Å²) in [6.45, 7) is 8.20. The predicted molar refractivity (Wildman–Crippen MR) is 124 cm³/mol. The number of guanidine groups is 1. The molecule has 0 aliphatic carbocycles. The molecule has 0 aliphatic heterocycles. The molecule has 0 bridgehead atoms. The van der Waals surface area contributed by atoms with Crippen molar-refractivity contribution in [2.45, 2.75) is 33.6 Å². The van der Waals surface area contributed by atoms with Crippen molar-refractivity contribution in [2.75, 3.05) is 32.1 Å². The van der Waals surface area contributed by atoms with E-state index in [4.69, 9.17) is 9.47 Å². The van der Waals surface area contributed by atoms with Gasteiger partial charge in [-0.15, -0.1) is 35.3 Å². The summed E-state index contributed by atoms with van der Waals surface area (Å²) in [5.41, 5.74) is 0.900. The zero-order valence-electron chi connectivity index (χ0n) is 16.4. The van der Waals surface area contributed by atoms with Gasteiger partial charge in [-0.1, -0.05) is 6.92 Å². The number of hydrogen-bond acceptors (Lipinski definition) is 5. The number of nitrogens with one attached hydrogen (secondary N) is 2. The van der Waals surface area contributed by atoms with Crippen molar-refractivity contribution in [3.63, 3.8) is 0 Å². The molecular weight excluding hydrogens is 475 g/mol. The lowest BCUT2D eigenvalue weighted by atomic mass is 10.2. The second kappa shape index (κ2) is 12.8. The van der Waals surface area contributed by atoms with E-state index in [9.17, 15) is 0 Å². The first-order chi connectivity index (χ1) is 12.7. The molecule has 150 valence electrons. The Morgan fingerprint density at radius 2 is 2.04 bits per heavy atom. The second-order valence-corrected chi connectivity index (χ2v) is 6.71. The van der Waals surface area contributed by atoms with Gasteiger partial charge in [0.2, 0.25) is 0 Å². The monoisotopic (exact) mass is 504 g/mol. The molecule has 8 heteroatoms. The predicted octanol–water partition coefficient (Wildman–Crippen LogP) is 4.35. The molecule has 2 aromatic rings. The number of aromatic nitrogens is 1. The van der Waals surface area contributed by atoms with E-state index < -0.39 is 0 Å². The molecule has 0 radical (unpaired) electrons. The molecule has 0 saturated heterocycles. The third-order valence-electron chi connectivity index (χ3n) is 3.62. The van der Waals surface area contributed by atoms with Gasteiger partial charge in [-0.2, -0.15) is 0 Å². The number of rotatable bonds is 9. The maximum absolute atomic E-state index is 5.63. The third kappa shape index (κ3) is 7.53. The first-order valence-corrected chi connectivity index (χ1v) is 9.81. The van der Waals surface area contributed by atoms with Crippen LogP contribution in [0.15, 0.2) is 29.4 Å². The van der Waals surface area contributed by atoms with Gasteiger partial charge in [-0.3, -0.25) is 4.99 Å². The number of thiazole rings is 1. The number of ether oxygens (including phenoxy) is 2. The van der Waals surface area contributed by atoms with Gasteiger partial charge in [0.05, 0.1) is 18.7 Å². The summed E-state index contributed by atoms with van der Waals surface area (Å²) >= 11 is 1.76. The Labute approximate surface area is 182 Å². The fraction of sp³-hybridized carbons (Fsp3) is 0.474. The highest BCUT2D eigenvalue weighted by Crippen LogP contribution is 2.30. The molecule has 0 amide bonds. The van der Waals surface area contributed by atoms with Crippen molar-refractivity contribution < 1.29 is 9.47 Å². The lowest BCUT2D eigenvalue weighted by Crippen LogP contribution is -2.30. The van der Waals surface area contributed by atoms with Gasteiger partial charge in [-0.25, -0.2) is 4.98 Å². The van der Waals surface area contributed by atoms with E-state index in [1.807, 2.05) is 38.2 Å². The van der Waals surface area contributed by atoms with Crippen LogP contribution in [0.2, 0.25) is 0 Å². The average Bonchev–Trinajstić information content (AvgIpc) is 3.10. The van der Waals surface area contributed by atoms with Gasteiger partial charge >= 0.3 is 0 Å². The van der Waals surface area contributed by atoms with Crippen LogP contribution in [-0.2, 0) is 12.8 Å². The minimum atomic E-state index is 0. The standard InChI is InChI=1S/C19H28N4O2S.HI/c1-5-15-13-22-18(26-15)10-11-21-19(20-6-2)23-14-8-9-16(24-4)17(12-14)25-7-3;/h8-9,12-13H,5-7,10-11H2,1-4H3,(H2,20,21,23);1H. The molecule has 2 rings (SSSR count). The summed E-state index contributed by atoms with van der Waals surface area (Å²) < 4.78 is 11.0. The topological polar surface area (TPSA) is 67.8 Å². The Bertz CT molecular complexity index is 721. The molecule has 0 atom stereocenters. The zero-order chi connectivity index (χ0) is 18.8. The highest BCUT2D eigenvalue weighted by Gasteiger charge is 2.07. The summed E-state index contributed by atoms with van der Waals surface area (Å²) in [5.74, 6) is 2.17. The maximum Gasteiger partial charge on any atom is 0.195 e. The Balaban J connectivity index is 0.00000364. The van der Waals surface area contributed by atoms with E-state index in [-0.39, 0.29) is 24.0 Å². The highest BCUT2D eigenvalue weighted by atomic mass is 127. The molecule has 6 nitrogen and oxygen atoms in total. The summed E-state index contributed by atoms with van der Waals surface area (Å²) in [4.78, 5) is 10.4. The van der Waals surface area contributed by atoms with Gasteiger partial charge in [0.15, 0.2) is 17.5 Å². The molecule has 0 spiro atoms.